The number of hydrogen-bond donors (Lipinski definition) is 2. The van der Waals surface area contributed by atoms with Crippen molar-refractivity contribution in [3.05, 3.63) is 18.2 Å². The molecule has 0 saturated heterocycles. The molecule has 102 valence electrons. The quantitative estimate of drug-likeness (QED) is 0.596. The summed E-state index contributed by atoms with van der Waals surface area (Å²) in [5.74, 6) is 6.92. The van der Waals surface area contributed by atoms with E-state index in [1.807, 2.05) is 19.4 Å². The lowest BCUT2D eigenvalue weighted by Crippen LogP contribution is -2.60. The normalized spacial score (nSPS) is 20.5. The van der Waals surface area contributed by atoms with Crippen LogP contribution in [0.2, 0.25) is 0 Å². The van der Waals surface area contributed by atoms with Gasteiger partial charge in [-0.15, -0.1) is 0 Å². The van der Waals surface area contributed by atoms with Gasteiger partial charge in [-0.25, -0.2) is 4.98 Å². The first-order chi connectivity index (χ1) is 8.60. The summed E-state index contributed by atoms with van der Waals surface area (Å²) in [6.07, 6.45) is 9.70. The van der Waals surface area contributed by atoms with Crippen molar-refractivity contribution >= 4 is 0 Å². The monoisotopic (exact) mass is 251 g/mol. The van der Waals surface area contributed by atoms with E-state index in [1.165, 1.54) is 25.7 Å². The number of nitrogens with one attached hydrogen (secondary N) is 1. The standard InChI is InChI=1S/C13H25N5/c1-17(2)13(6-4-5-7-13)11(16-14)10-12-15-8-9-18(12)3/h8-9,11,16H,4-7,10,14H2,1-3H3. The highest BCUT2D eigenvalue weighted by molar-refractivity contribution is 5.06. The second kappa shape index (κ2) is 5.38. The van der Waals surface area contributed by atoms with Gasteiger partial charge in [-0.3, -0.25) is 11.3 Å². The van der Waals surface area contributed by atoms with Gasteiger partial charge in [-0.05, 0) is 26.9 Å². The molecule has 1 aromatic heterocycles. The zero-order valence-corrected chi connectivity index (χ0v) is 11.7. The number of aryl methyl sites for hydroxylation is 1. The van der Waals surface area contributed by atoms with Gasteiger partial charge in [0.2, 0.25) is 0 Å². The molecule has 1 aliphatic rings. The molecule has 0 radical (unpaired) electrons. The maximum atomic E-state index is 5.83. The zero-order chi connectivity index (χ0) is 13.2. The smallest absolute Gasteiger partial charge is 0.110 e. The van der Waals surface area contributed by atoms with Crippen LogP contribution >= 0.6 is 0 Å². The molecule has 5 heteroatoms. The maximum absolute atomic E-state index is 5.83. The molecular formula is C13H25N5. The number of imidazole rings is 1. The van der Waals surface area contributed by atoms with Crippen LogP contribution in [0.4, 0.5) is 0 Å². The summed E-state index contributed by atoms with van der Waals surface area (Å²) < 4.78 is 2.07. The Morgan fingerprint density at radius 3 is 2.61 bits per heavy atom. The summed E-state index contributed by atoms with van der Waals surface area (Å²) in [6.45, 7) is 0. The highest BCUT2D eigenvalue weighted by atomic mass is 15.3. The van der Waals surface area contributed by atoms with Crippen LogP contribution in [0, 0.1) is 0 Å². The van der Waals surface area contributed by atoms with E-state index >= 15 is 0 Å². The molecule has 2 rings (SSSR count). The Balaban J connectivity index is 2.19. The molecular weight excluding hydrogens is 226 g/mol. The van der Waals surface area contributed by atoms with Crippen molar-refractivity contribution in [2.45, 2.75) is 43.7 Å². The Morgan fingerprint density at radius 1 is 1.50 bits per heavy atom. The lowest BCUT2D eigenvalue weighted by Gasteiger charge is -2.43. The molecule has 1 atom stereocenters. The van der Waals surface area contributed by atoms with Gasteiger partial charge in [0.05, 0.1) is 0 Å². The maximum Gasteiger partial charge on any atom is 0.110 e. The van der Waals surface area contributed by atoms with Gasteiger partial charge in [0, 0.05) is 37.4 Å². The van der Waals surface area contributed by atoms with Crippen molar-refractivity contribution in [3.8, 4) is 0 Å². The first-order valence-corrected chi connectivity index (χ1v) is 6.70. The minimum atomic E-state index is 0.167. The summed E-state index contributed by atoms with van der Waals surface area (Å²) in [5.41, 5.74) is 3.20. The Hall–Kier alpha value is -0.910. The predicted molar refractivity (Wildman–Crippen MR) is 72.9 cm³/mol. The third-order valence-electron chi connectivity index (χ3n) is 4.52. The fourth-order valence-electron chi connectivity index (χ4n) is 3.27. The number of likely N-dealkylation sites (N-methyl/N-ethyl adjacent to an activating group) is 1. The van der Waals surface area contributed by atoms with E-state index in [2.05, 4.69) is 34.0 Å². The van der Waals surface area contributed by atoms with Crippen LogP contribution in [0.3, 0.4) is 0 Å². The summed E-state index contributed by atoms with van der Waals surface area (Å²) in [7, 11) is 6.36. The minimum absolute atomic E-state index is 0.167. The molecule has 18 heavy (non-hydrogen) atoms. The average Bonchev–Trinajstić information content (AvgIpc) is 2.96. The number of rotatable bonds is 5. The van der Waals surface area contributed by atoms with E-state index in [0.29, 0.717) is 0 Å². The summed E-state index contributed by atoms with van der Waals surface area (Å²) >= 11 is 0. The molecule has 0 aliphatic heterocycles. The van der Waals surface area contributed by atoms with Crippen LogP contribution in [0.15, 0.2) is 12.4 Å². The average molecular weight is 251 g/mol. The molecule has 1 fully saturated rings. The predicted octanol–water partition coefficient (Wildman–Crippen LogP) is 0.669. The number of aromatic nitrogens is 2. The Morgan fingerprint density at radius 2 is 2.17 bits per heavy atom. The van der Waals surface area contributed by atoms with Crippen LogP contribution < -0.4 is 11.3 Å². The zero-order valence-electron chi connectivity index (χ0n) is 11.7. The van der Waals surface area contributed by atoms with Gasteiger partial charge in [-0.2, -0.15) is 0 Å². The van der Waals surface area contributed by atoms with Crippen LogP contribution in [0.25, 0.3) is 0 Å². The second-order valence-corrected chi connectivity index (χ2v) is 5.58. The van der Waals surface area contributed by atoms with Gasteiger partial charge in [0.25, 0.3) is 0 Å². The molecule has 1 aliphatic carbocycles. The Kier molecular flexibility index (Phi) is 4.04. The summed E-state index contributed by atoms with van der Waals surface area (Å²) in [6, 6.07) is 0.246. The van der Waals surface area contributed by atoms with Gasteiger partial charge in [-0.1, -0.05) is 12.8 Å². The molecule has 5 nitrogen and oxygen atoms in total. The van der Waals surface area contributed by atoms with E-state index in [-0.39, 0.29) is 11.6 Å². The number of nitrogens with zero attached hydrogens (tertiary/aromatic N) is 3. The second-order valence-electron chi connectivity index (χ2n) is 5.58. The van der Waals surface area contributed by atoms with E-state index in [0.717, 1.165) is 12.2 Å². The van der Waals surface area contributed by atoms with E-state index in [1.54, 1.807) is 0 Å². The molecule has 0 amide bonds. The molecule has 3 N–H and O–H groups in total. The molecule has 1 heterocycles. The lowest BCUT2D eigenvalue weighted by atomic mass is 9.85. The van der Waals surface area contributed by atoms with Crippen LogP contribution in [-0.2, 0) is 13.5 Å². The van der Waals surface area contributed by atoms with E-state index in [9.17, 15) is 0 Å². The third-order valence-corrected chi connectivity index (χ3v) is 4.52. The summed E-state index contributed by atoms with van der Waals surface area (Å²) in [4.78, 5) is 6.76. The van der Waals surface area contributed by atoms with Crippen molar-refractivity contribution in [1.82, 2.24) is 19.9 Å². The third kappa shape index (κ3) is 2.30. The number of nitrogens with two attached hydrogens (primary N) is 1. The SMILES string of the molecule is CN(C)C1(C(Cc2nccn2C)NN)CCCC1. The molecule has 1 saturated carbocycles. The minimum Gasteiger partial charge on any atom is -0.338 e. The van der Waals surface area contributed by atoms with Crippen molar-refractivity contribution < 1.29 is 0 Å². The Bertz CT molecular complexity index is 378. The van der Waals surface area contributed by atoms with Crippen LogP contribution in [0.5, 0.6) is 0 Å². The molecule has 0 aromatic carbocycles. The molecule has 1 unspecified atom stereocenters. The van der Waals surface area contributed by atoms with Crippen molar-refractivity contribution in [2.75, 3.05) is 14.1 Å². The topological polar surface area (TPSA) is 59.1 Å². The highest BCUT2D eigenvalue weighted by Crippen LogP contribution is 2.37. The van der Waals surface area contributed by atoms with Crippen molar-refractivity contribution in [3.63, 3.8) is 0 Å². The molecule has 0 spiro atoms. The fraction of sp³-hybridized carbons (Fsp3) is 0.769. The summed E-state index contributed by atoms with van der Waals surface area (Å²) in [5, 5.41) is 0. The fourth-order valence-corrected chi connectivity index (χ4v) is 3.27. The van der Waals surface area contributed by atoms with Gasteiger partial charge >= 0.3 is 0 Å². The molecule has 1 aromatic rings. The first kappa shape index (κ1) is 13.5. The first-order valence-electron chi connectivity index (χ1n) is 6.70. The van der Waals surface area contributed by atoms with Gasteiger partial charge in [0.1, 0.15) is 5.82 Å². The van der Waals surface area contributed by atoms with Gasteiger partial charge in [0.15, 0.2) is 0 Å². The van der Waals surface area contributed by atoms with E-state index in [4.69, 9.17) is 5.84 Å². The Labute approximate surface area is 109 Å². The number of hydrogen-bond acceptors (Lipinski definition) is 4. The van der Waals surface area contributed by atoms with Crippen molar-refractivity contribution in [1.29, 1.82) is 0 Å². The van der Waals surface area contributed by atoms with Gasteiger partial charge < -0.3 is 9.47 Å². The van der Waals surface area contributed by atoms with Crippen LogP contribution in [0.1, 0.15) is 31.5 Å². The highest BCUT2D eigenvalue weighted by Gasteiger charge is 2.43. The lowest BCUT2D eigenvalue weighted by molar-refractivity contribution is 0.103. The van der Waals surface area contributed by atoms with Crippen molar-refractivity contribution in [2.24, 2.45) is 12.9 Å². The van der Waals surface area contributed by atoms with Crippen LogP contribution in [-0.4, -0.2) is 40.1 Å². The van der Waals surface area contributed by atoms with E-state index < -0.39 is 0 Å². The molecule has 0 bridgehead atoms. The number of hydrazine groups is 1. The largest absolute Gasteiger partial charge is 0.338 e.